The Bertz CT molecular complexity index is 1190. The van der Waals surface area contributed by atoms with Gasteiger partial charge < -0.3 is 9.72 Å². The van der Waals surface area contributed by atoms with Crippen molar-refractivity contribution in [2.45, 2.75) is 25.0 Å². The molecule has 0 amide bonds. The van der Waals surface area contributed by atoms with Crippen molar-refractivity contribution in [2.75, 3.05) is 13.4 Å². The zero-order valence-corrected chi connectivity index (χ0v) is 18.1. The number of aromatic nitrogens is 1. The molecule has 0 aliphatic heterocycles. The van der Waals surface area contributed by atoms with E-state index in [2.05, 4.69) is 11.9 Å². The van der Waals surface area contributed by atoms with Crippen molar-refractivity contribution in [3.63, 3.8) is 0 Å². The first-order valence-electron chi connectivity index (χ1n) is 9.48. The fourth-order valence-corrected chi connectivity index (χ4v) is 5.28. The van der Waals surface area contributed by atoms with E-state index in [9.17, 15) is 12.8 Å². The summed E-state index contributed by atoms with van der Waals surface area (Å²) < 4.78 is 43.7. The number of nitrogens with one attached hydrogen (secondary N) is 1. The Hall–Kier alpha value is -2.05. The molecule has 1 fully saturated rings. The lowest BCUT2D eigenvalue weighted by Crippen LogP contribution is -2.07. The van der Waals surface area contributed by atoms with Crippen molar-refractivity contribution < 1.29 is 17.5 Å². The maximum Gasteiger partial charge on any atom is 0.151 e. The van der Waals surface area contributed by atoms with Crippen LogP contribution in [0.25, 0.3) is 10.9 Å². The van der Waals surface area contributed by atoms with Gasteiger partial charge in [0.05, 0.1) is 18.4 Å². The number of methoxy groups -OCH3 is 1. The number of halogens is 2. The summed E-state index contributed by atoms with van der Waals surface area (Å²) in [6.07, 6.45) is 4.09. The minimum atomic E-state index is -3.30. The summed E-state index contributed by atoms with van der Waals surface area (Å²) in [5.41, 5.74) is 3.06. The quantitative estimate of drug-likeness (QED) is 0.571. The van der Waals surface area contributed by atoms with Crippen LogP contribution in [0, 0.1) is 17.7 Å². The van der Waals surface area contributed by atoms with Crippen LogP contribution in [0.3, 0.4) is 0 Å². The van der Waals surface area contributed by atoms with Gasteiger partial charge in [-0.1, -0.05) is 24.6 Å². The van der Waals surface area contributed by atoms with Crippen LogP contribution in [0.15, 0.2) is 36.5 Å². The monoisotopic (exact) mass is 435 g/mol. The van der Waals surface area contributed by atoms with Crippen LogP contribution in [0.5, 0.6) is 5.75 Å². The molecule has 4 nitrogen and oxygen atoms in total. The maximum absolute atomic E-state index is 14.4. The van der Waals surface area contributed by atoms with E-state index in [1.165, 1.54) is 12.1 Å². The highest BCUT2D eigenvalue weighted by Crippen LogP contribution is 2.54. The van der Waals surface area contributed by atoms with Gasteiger partial charge in [-0.2, -0.15) is 0 Å². The number of ether oxygens (including phenoxy) is 1. The summed E-state index contributed by atoms with van der Waals surface area (Å²) in [7, 11) is -1.69. The van der Waals surface area contributed by atoms with Gasteiger partial charge in [-0.3, -0.25) is 0 Å². The van der Waals surface area contributed by atoms with Crippen LogP contribution in [-0.2, 0) is 15.6 Å². The first-order chi connectivity index (χ1) is 13.7. The third kappa shape index (κ3) is 4.01. The van der Waals surface area contributed by atoms with Gasteiger partial charge in [0.15, 0.2) is 9.84 Å². The molecule has 3 unspecified atom stereocenters. The molecule has 0 saturated heterocycles. The predicted octanol–water partition coefficient (Wildman–Crippen LogP) is 5.30. The number of benzene rings is 2. The molecule has 4 rings (SSSR count). The fraction of sp³-hybridized carbons (Fsp3) is 0.364. The average molecular weight is 436 g/mol. The standard InChI is InChI=1S/C22H23ClFNO3S/c1-12-6-17(12)21(16-5-4-14(23)8-20(16)28-2)19-10-25-22-13(11-29(3,26)27)7-15(24)9-18(19)22/h4-5,7-10,12,17,21,25H,6,11H2,1-3H3. The molecular formula is C22H23ClFNO3S. The van der Waals surface area contributed by atoms with Gasteiger partial charge in [-0.05, 0) is 53.6 Å². The van der Waals surface area contributed by atoms with Gasteiger partial charge >= 0.3 is 0 Å². The number of rotatable bonds is 6. The summed E-state index contributed by atoms with van der Waals surface area (Å²) in [5.74, 6) is 0.973. The molecule has 154 valence electrons. The summed E-state index contributed by atoms with van der Waals surface area (Å²) in [6, 6.07) is 8.37. The number of hydrogen-bond acceptors (Lipinski definition) is 3. The van der Waals surface area contributed by atoms with E-state index in [0.717, 1.165) is 23.8 Å². The first-order valence-corrected chi connectivity index (χ1v) is 11.9. The number of sulfone groups is 1. The Labute approximate surface area is 175 Å². The molecule has 1 aliphatic carbocycles. The second-order valence-corrected chi connectivity index (χ2v) is 10.6. The highest BCUT2D eigenvalue weighted by Gasteiger charge is 2.43. The van der Waals surface area contributed by atoms with Gasteiger partial charge in [0, 0.05) is 34.3 Å². The molecular weight excluding hydrogens is 413 g/mol. The van der Waals surface area contributed by atoms with Crippen LogP contribution >= 0.6 is 11.6 Å². The van der Waals surface area contributed by atoms with E-state index in [0.29, 0.717) is 39.1 Å². The molecule has 7 heteroatoms. The lowest BCUT2D eigenvalue weighted by atomic mass is 9.85. The normalized spacial score (nSPS) is 20.0. The Kier molecular flexibility index (Phi) is 5.11. The van der Waals surface area contributed by atoms with Crippen molar-refractivity contribution in [2.24, 2.45) is 11.8 Å². The van der Waals surface area contributed by atoms with E-state index < -0.39 is 15.7 Å². The van der Waals surface area contributed by atoms with E-state index >= 15 is 0 Å². The zero-order valence-electron chi connectivity index (χ0n) is 16.5. The lowest BCUT2D eigenvalue weighted by molar-refractivity contribution is 0.405. The Morgan fingerprint density at radius 1 is 1.28 bits per heavy atom. The maximum atomic E-state index is 14.4. The smallest absolute Gasteiger partial charge is 0.151 e. The van der Waals surface area contributed by atoms with Gasteiger partial charge in [0.2, 0.25) is 0 Å². The number of aromatic amines is 1. The molecule has 3 aromatic rings. The highest BCUT2D eigenvalue weighted by molar-refractivity contribution is 7.89. The Morgan fingerprint density at radius 2 is 2.00 bits per heavy atom. The third-order valence-electron chi connectivity index (χ3n) is 5.75. The van der Waals surface area contributed by atoms with Crippen molar-refractivity contribution in [1.29, 1.82) is 0 Å². The van der Waals surface area contributed by atoms with Gasteiger partial charge in [0.1, 0.15) is 11.6 Å². The van der Waals surface area contributed by atoms with Crippen molar-refractivity contribution in [3.05, 3.63) is 64.1 Å². The molecule has 0 bridgehead atoms. The largest absolute Gasteiger partial charge is 0.496 e. The van der Waals surface area contributed by atoms with E-state index in [1.807, 2.05) is 18.3 Å². The molecule has 1 aromatic heterocycles. The molecule has 1 heterocycles. The van der Waals surface area contributed by atoms with Crippen molar-refractivity contribution in [3.8, 4) is 5.75 Å². The Balaban J connectivity index is 1.91. The number of fused-ring (bicyclic) bond motifs is 1. The summed E-state index contributed by atoms with van der Waals surface area (Å²) in [5, 5.41) is 1.30. The van der Waals surface area contributed by atoms with Gasteiger partial charge in [-0.15, -0.1) is 0 Å². The zero-order chi connectivity index (χ0) is 20.9. The van der Waals surface area contributed by atoms with Crippen LogP contribution in [0.4, 0.5) is 4.39 Å². The summed E-state index contributed by atoms with van der Waals surface area (Å²) in [4.78, 5) is 3.21. The second kappa shape index (κ2) is 7.33. The molecule has 29 heavy (non-hydrogen) atoms. The summed E-state index contributed by atoms with van der Waals surface area (Å²) >= 11 is 6.15. The van der Waals surface area contributed by atoms with E-state index in [1.54, 1.807) is 13.2 Å². The Morgan fingerprint density at radius 3 is 2.62 bits per heavy atom. The van der Waals surface area contributed by atoms with Crippen LogP contribution in [0.2, 0.25) is 5.02 Å². The highest BCUT2D eigenvalue weighted by atomic mass is 35.5. The molecule has 2 aromatic carbocycles. The van der Waals surface area contributed by atoms with Gasteiger partial charge in [-0.25, -0.2) is 12.8 Å². The van der Waals surface area contributed by atoms with E-state index in [4.69, 9.17) is 16.3 Å². The minimum Gasteiger partial charge on any atom is -0.496 e. The summed E-state index contributed by atoms with van der Waals surface area (Å²) in [6.45, 7) is 2.20. The predicted molar refractivity (Wildman–Crippen MR) is 114 cm³/mol. The van der Waals surface area contributed by atoms with Crippen molar-refractivity contribution >= 4 is 32.3 Å². The molecule has 0 radical (unpaired) electrons. The topological polar surface area (TPSA) is 59.2 Å². The number of hydrogen-bond donors (Lipinski definition) is 1. The van der Waals surface area contributed by atoms with Crippen LogP contribution < -0.4 is 4.74 Å². The lowest BCUT2D eigenvalue weighted by Gasteiger charge is -2.20. The fourth-order valence-electron chi connectivity index (χ4n) is 4.33. The van der Waals surface area contributed by atoms with Gasteiger partial charge in [0.25, 0.3) is 0 Å². The van der Waals surface area contributed by atoms with Crippen LogP contribution in [0.1, 0.15) is 36.0 Å². The second-order valence-electron chi connectivity index (χ2n) is 8.04. The number of H-pyrrole nitrogens is 1. The molecule has 1 aliphatic rings. The molecule has 3 atom stereocenters. The van der Waals surface area contributed by atoms with Crippen molar-refractivity contribution in [1.82, 2.24) is 4.98 Å². The molecule has 1 saturated carbocycles. The first kappa shape index (κ1) is 20.2. The molecule has 1 N–H and O–H groups in total. The van der Waals surface area contributed by atoms with Crippen LogP contribution in [-0.4, -0.2) is 26.8 Å². The SMILES string of the molecule is COc1cc(Cl)ccc1C(c1c[nH]c2c(CS(C)(=O)=O)cc(F)cc12)C1CC1C. The average Bonchev–Trinajstić information content (AvgIpc) is 3.18. The molecule has 0 spiro atoms. The van der Waals surface area contributed by atoms with E-state index in [-0.39, 0.29) is 11.7 Å². The third-order valence-corrected chi connectivity index (χ3v) is 6.82. The minimum absolute atomic E-state index is 0.00106.